The fourth-order valence-corrected chi connectivity index (χ4v) is 11.1. The summed E-state index contributed by atoms with van der Waals surface area (Å²) >= 11 is 0. The Kier molecular flexibility index (Phi) is 8.83. The molecule has 2 bridgehead atoms. The van der Waals surface area contributed by atoms with E-state index in [4.69, 9.17) is 32.8 Å². The summed E-state index contributed by atoms with van der Waals surface area (Å²) in [7, 11) is 1.25. The molecule has 1 aromatic rings. The van der Waals surface area contributed by atoms with Gasteiger partial charge < -0.3 is 37.9 Å². The standard InChI is InChI=1S/C38H46O14/c1-10-18(2)31(44)50-33-35(7)17-37(51-20(4)40)36(8,24(35)15-25(42)46-9)23-11-13-34(6)27(28(43)32(45)49-29(34)22-12-14-47-16-22)26(23)30(48-19(3)39)38(33,37)52-21(5)41/h10,12,14,16,23-24,28-30,33,43H,11,13,15,17H2,1-9H3. The van der Waals surface area contributed by atoms with Gasteiger partial charge in [-0.15, -0.1) is 0 Å². The van der Waals surface area contributed by atoms with Crippen molar-refractivity contribution in [1.82, 2.24) is 0 Å². The van der Waals surface area contributed by atoms with Crippen LogP contribution in [0.5, 0.6) is 0 Å². The molecular formula is C38H46O14. The Morgan fingerprint density at radius 3 is 2.23 bits per heavy atom. The van der Waals surface area contributed by atoms with Crippen LogP contribution in [0.1, 0.15) is 92.7 Å². The molecule has 5 aliphatic rings. The Hall–Kier alpha value is -4.46. The van der Waals surface area contributed by atoms with Crippen LogP contribution in [-0.2, 0) is 57.2 Å². The summed E-state index contributed by atoms with van der Waals surface area (Å²) in [5, 5.41) is 11.9. The topological polar surface area (TPSA) is 191 Å². The first-order chi connectivity index (χ1) is 24.3. The van der Waals surface area contributed by atoms with Crippen LogP contribution < -0.4 is 0 Å². The predicted octanol–water partition coefficient (Wildman–Crippen LogP) is 3.99. The van der Waals surface area contributed by atoms with Gasteiger partial charge in [-0.25, -0.2) is 9.59 Å². The molecule has 14 nitrogen and oxygen atoms in total. The lowest BCUT2D eigenvalue weighted by Crippen LogP contribution is -2.82. The molecule has 11 unspecified atom stereocenters. The number of aliphatic hydroxyl groups excluding tert-OH is 1. The van der Waals surface area contributed by atoms with E-state index in [0.29, 0.717) is 18.4 Å². The lowest BCUT2D eigenvalue weighted by atomic mass is 9.40. The zero-order valence-electron chi connectivity index (χ0n) is 30.9. The summed E-state index contributed by atoms with van der Waals surface area (Å²) in [4.78, 5) is 81.1. The van der Waals surface area contributed by atoms with Gasteiger partial charge in [-0.05, 0) is 55.7 Å². The van der Waals surface area contributed by atoms with Crippen LogP contribution >= 0.6 is 0 Å². The number of fused-ring (bicyclic) bond motifs is 4. The number of allylic oxidation sites excluding steroid dienone is 1. The Morgan fingerprint density at radius 1 is 1.00 bits per heavy atom. The van der Waals surface area contributed by atoms with Gasteiger partial charge in [0.05, 0.1) is 19.6 Å². The molecule has 282 valence electrons. The smallest absolute Gasteiger partial charge is 0.339 e. The quantitative estimate of drug-likeness (QED) is 0.175. The normalized spacial score (nSPS) is 40.2. The second-order valence-corrected chi connectivity index (χ2v) is 15.5. The zero-order valence-corrected chi connectivity index (χ0v) is 30.9. The van der Waals surface area contributed by atoms with Gasteiger partial charge >= 0.3 is 35.8 Å². The first kappa shape index (κ1) is 37.3. The number of hydrogen-bond donors (Lipinski definition) is 1. The number of methoxy groups -OCH3 is 1. The van der Waals surface area contributed by atoms with Crippen molar-refractivity contribution < 1.29 is 66.7 Å². The largest absolute Gasteiger partial charge is 0.472 e. The first-order valence-electron chi connectivity index (χ1n) is 17.4. The Bertz CT molecular complexity index is 1790. The van der Waals surface area contributed by atoms with Crippen molar-refractivity contribution >= 4 is 35.8 Å². The molecule has 4 fully saturated rings. The van der Waals surface area contributed by atoms with Crippen molar-refractivity contribution in [1.29, 1.82) is 0 Å². The van der Waals surface area contributed by atoms with E-state index in [-0.39, 0.29) is 29.6 Å². The van der Waals surface area contributed by atoms with Gasteiger partial charge in [-0.2, -0.15) is 0 Å². The van der Waals surface area contributed by atoms with Crippen LogP contribution in [0, 0.1) is 28.1 Å². The van der Waals surface area contributed by atoms with E-state index in [1.807, 2.05) is 13.8 Å². The Labute approximate surface area is 301 Å². The van der Waals surface area contributed by atoms with Crippen molar-refractivity contribution in [2.75, 3.05) is 7.11 Å². The fraction of sp³-hybridized carbons (Fsp3) is 0.632. The van der Waals surface area contributed by atoms with E-state index in [9.17, 15) is 33.9 Å². The van der Waals surface area contributed by atoms with Gasteiger partial charge in [0.15, 0.2) is 23.9 Å². The van der Waals surface area contributed by atoms with Crippen LogP contribution in [-0.4, -0.2) is 77.5 Å². The number of carbonyl (C=O) groups is 6. The minimum Gasteiger partial charge on any atom is -0.472 e. The Balaban J connectivity index is 1.79. The Morgan fingerprint density at radius 2 is 1.67 bits per heavy atom. The summed E-state index contributed by atoms with van der Waals surface area (Å²) in [6.45, 7) is 12.1. The maximum atomic E-state index is 13.8. The lowest BCUT2D eigenvalue weighted by molar-refractivity contribution is -0.322. The lowest BCUT2D eigenvalue weighted by Gasteiger charge is -2.69. The maximum absolute atomic E-state index is 13.8. The van der Waals surface area contributed by atoms with E-state index >= 15 is 0 Å². The summed E-state index contributed by atoms with van der Waals surface area (Å²) in [6.07, 6.45) is -1.25. The monoisotopic (exact) mass is 726 g/mol. The van der Waals surface area contributed by atoms with Gasteiger partial charge in [0, 0.05) is 61.0 Å². The summed E-state index contributed by atoms with van der Waals surface area (Å²) in [5.41, 5.74) is -6.76. The second-order valence-electron chi connectivity index (χ2n) is 15.5. The van der Waals surface area contributed by atoms with Gasteiger partial charge in [0.25, 0.3) is 0 Å². The minimum absolute atomic E-state index is 0.0752. The summed E-state index contributed by atoms with van der Waals surface area (Å²) in [5.74, 6) is -6.36. The molecule has 14 heteroatoms. The van der Waals surface area contributed by atoms with Crippen molar-refractivity contribution in [3.63, 3.8) is 0 Å². The van der Waals surface area contributed by atoms with Crippen LogP contribution in [0.25, 0.3) is 0 Å². The highest BCUT2D eigenvalue weighted by Gasteiger charge is 2.94. The molecule has 1 saturated heterocycles. The molecule has 1 N–H and O–H groups in total. The zero-order chi connectivity index (χ0) is 38.3. The SMILES string of the molecule is CC=C(C)C(=O)OC1C2(C)CC3(OC(C)=O)C(C)(C4CCC5(C)C(=C4C(OC(C)=O)C13OC(C)=O)C(O)C(=O)OC5c1ccoc1)C2CC(=O)OC. The molecule has 0 aromatic carbocycles. The van der Waals surface area contributed by atoms with Crippen molar-refractivity contribution in [3.05, 3.63) is 47.0 Å². The van der Waals surface area contributed by atoms with Crippen molar-refractivity contribution in [2.24, 2.45) is 28.1 Å². The second kappa shape index (κ2) is 12.3. The number of rotatable bonds is 8. The molecular weight excluding hydrogens is 680 g/mol. The van der Waals surface area contributed by atoms with E-state index in [2.05, 4.69) is 0 Å². The molecule has 4 aliphatic carbocycles. The highest BCUT2D eigenvalue weighted by Crippen LogP contribution is 2.82. The molecule has 0 amide bonds. The number of esters is 6. The number of furan rings is 1. The number of carbonyl (C=O) groups excluding carboxylic acids is 6. The molecule has 3 saturated carbocycles. The molecule has 52 heavy (non-hydrogen) atoms. The molecule has 0 radical (unpaired) electrons. The van der Waals surface area contributed by atoms with Crippen LogP contribution in [0.2, 0.25) is 0 Å². The number of cyclic esters (lactones) is 1. The van der Waals surface area contributed by atoms with Gasteiger partial charge in [0.2, 0.25) is 5.60 Å². The average molecular weight is 727 g/mol. The van der Waals surface area contributed by atoms with E-state index in [0.717, 1.165) is 13.8 Å². The molecule has 1 aliphatic heterocycles. The molecule has 1 aromatic heterocycles. The van der Waals surface area contributed by atoms with Gasteiger partial charge in [-0.1, -0.05) is 26.8 Å². The van der Waals surface area contributed by atoms with Crippen molar-refractivity contribution in [2.45, 2.75) is 117 Å². The number of aliphatic hydroxyl groups is 1. The third-order valence-corrected chi connectivity index (χ3v) is 12.9. The highest BCUT2D eigenvalue weighted by atomic mass is 16.7. The average Bonchev–Trinajstić information content (AvgIpc) is 3.72. The van der Waals surface area contributed by atoms with Crippen LogP contribution in [0.15, 0.2) is 45.8 Å². The molecule has 11 atom stereocenters. The summed E-state index contributed by atoms with van der Waals surface area (Å²) < 4.78 is 41.9. The maximum Gasteiger partial charge on any atom is 0.339 e. The van der Waals surface area contributed by atoms with Crippen LogP contribution in [0.4, 0.5) is 0 Å². The van der Waals surface area contributed by atoms with Gasteiger partial charge in [-0.3, -0.25) is 19.2 Å². The van der Waals surface area contributed by atoms with Gasteiger partial charge in [0.1, 0.15) is 6.10 Å². The predicted molar refractivity (Wildman–Crippen MR) is 176 cm³/mol. The summed E-state index contributed by atoms with van der Waals surface area (Å²) in [6, 6.07) is 1.65. The van der Waals surface area contributed by atoms with Crippen LogP contribution in [0.3, 0.4) is 0 Å². The van der Waals surface area contributed by atoms with E-state index < -0.39 is 99.5 Å². The molecule has 2 heterocycles. The minimum atomic E-state index is -2.28. The number of hydrogen-bond acceptors (Lipinski definition) is 14. The van der Waals surface area contributed by atoms with E-state index in [1.165, 1.54) is 39.6 Å². The molecule has 6 rings (SSSR count). The third kappa shape index (κ3) is 4.71. The first-order valence-corrected chi connectivity index (χ1v) is 17.4. The third-order valence-electron chi connectivity index (χ3n) is 12.9. The molecule has 0 spiro atoms. The number of ether oxygens (including phenoxy) is 6. The van der Waals surface area contributed by atoms with E-state index in [1.54, 1.807) is 19.9 Å². The van der Waals surface area contributed by atoms with Crippen molar-refractivity contribution in [3.8, 4) is 0 Å². The highest BCUT2D eigenvalue weighted by molar-refractivity contribution is 5.88. The fourth-order valence-electron chi connectivity index (χ4n) is 11.1.